The number of methoxy groups -OCH3 is 2. The Morgan fingerprint density at radius 2 is 2.00 bits per heavy atom. The largest absolute Gasteiger partial charge is 0.493 e. The van der Waals surface area contributed by atoms with Crippen molar-refractivity contribution >= 4 is 23.1 Å². The van der Waals surface area contributed by atoms with Crippen molar-refractivity contribution in [3.8, 4) is 11.5 Å². The Bertz CT molecular complexity index is 1100. The predicted molar refractivity (Wildman–Crippen MR) is 122 cm³/mol. The van der Waals surface area contributed by atoms with Gasteiger partial charge < -0.3 is 28.8 Å². The van der Waals surface area contributed by atoms with Crippen LogP contribution in [0, 0.1) is 0 Å². The summed E-state index contributed by atoms with van der Waals surface area (Å²) in [4.78, 5) is 18.7. The zero-order chi connectivity index (χ0) is 23.2. The van der Waals surface area contributed by atoms with E-state index in [0.29, 0.717) is 40.7 Å². The topological polar surface area (TPSA) is 86.1 Å². The SMILES string of the molecule is COC(=O)c1ccc2nc(N(Cc3ccc(OC)c(OCCF)c3)C3CCNCC3)oc2c1. The summed E-state index contributed by atoms with van der Waals surface area (Å²) in [7, 11) is 2.90. The van der Waals surface area contributed by atoms with Crippen LogP contribution in [0.4, 0.5) is 10.4 Å². The summed E-state index contributed by atoms with van der Waals surface area (Å²) in [6.07, 6.45) is 1.88. The number of ether oxygens (including phenoxy) is 3. The maximum atomic E-state index is 12.7. The van der Waals surface area contributed by atoms with Crippen molar-refractivity contribution in [1.29, 1.82) is 0 Å². The minimum atomic E-state index is -0.578. The van der Waals surface area contributed by atoms with Crippen molar-refractivity contribution in [2.75, 3.05) is 45.5 Å². The average molecular weight is 458 g/mol. The molecule has 2 heterocycles. The van der Waals surface area contributed by atoms with Crippen LogP contribution in [0.1, 0.15) is 28.8 Å². The Balaban J connectivity index is 1.66. The highest BCUT2D eigenvalue weighted by atomic mass is 19.1. The van der Waals surface area contributed by atoms with E-state index >= 15 is 0 Å². The van der Waals surface area contributed by atoms with E-state index in [1.165, 1.54) is 7.11 Å². The highest BCUT2D eigenvalue weighted by Crippen LogP contribution is 2.32. The number of carbonyl (C=O) groups is 1. The molecule has 1 N–H and O–H groups in total. The fourth-order valence-corrected chi connectivity index (χ4v) is 4.03. The number of aromatic nitrogens is 1. The summed E-state index contributed by atoms with van der Waals surface area (Å²) in [6.45, 7) is 1.72. The van der Waals surface area contributed by atoms with Gasteiger partial charge in [-0.25, -0.2) is 9.18 Å². The Kier molecular flexibility index (Phi) is 7.29. The lowest BCUT2D eigenvalue weighted by molar-refractivity contribution is 0.0600. The number of anilines is 1. The van der Waals surface area contributed by atoms with Gasteiger partial charge in [0.25, 0.3) is 6.01 Å². The maximum absolute atomic E-state index is 12.7. The van der Waals surface area contributed by atoms with Crippen LogP contribution in [0.2, 0.25) is 0 Å². The van der Waals surface area contributed by atoms with E-state index < -0.39 is 12.6 Å². The fourth-order valence-electron chi connectivity index (χ4n) is 4.03. The smallest absolute Gasteiger partial charge is 0.337 e. The molecule has 0 saturated carbocycles. The molecule has 0 bridgehead atoms. The van der Waals surface area contributed by atoms with Crippen LogP contribution >= 0.6 is 0 Å². The first-order valence-electron chi connectivity index (χ1n) is 10.9. The molecule has 2 aromatic carbocycles. The monoisotopic (exact) mass is 457 g/mol. The zero-order valence-corrected chi connectivity index (χ0v) is 18.8. The van der Waals surface area contributed by atoms with Gasteiger partial charge in [-0.1, -0.05) is 6.07 Å². The standard InChI is InChI=1S/C24H28FN3O5/c1-30-20-6-3-16(13-22(20)32-12-9-25)15-28(18-7-10-26-11-8-18)24-27-19-5-4-17(23(29)31-2)14-21(19)33-24/h3-6,13-14,18,26H,7-12,15H2,1-2H3. The Labute approximate surface area is 191 Å². The number of carbonyl (C=O) groups excluding carboxylic acids is 1. The summed E-state index contributed by atoms with van der Waals surface area (Å²) in [6, 6.07) is 11.4. The van der Waals surface area contributed by atoms with Crippen molar-refractivity contribution in [2.24, 2.45) is 0 Å². The van der Waals surface area contributed by atoms with Gasteiger partial charge in [0.05, 0.1) is 19.8 Å². The molecule has 0 atom stereocenters. The number of nitrogens with one attached hydrogen (secondary N) is 1. The van der Waals surface area contributed by atoms with Crippen LogP contribution in [0.5, 0.6) is 11.5 Å². The van der Waals surface area contributed by atoms with E-state index in [4.69, 9.17) is 23.6 Å². The number of rotatable bonds is 9. The van der Waals surface area contributed by atoms with Crippen LogP contribution in [0.25, 0.3) is 11.1 Å². The van der Waals surface area contributed by atoms with Crippen LogP contribution in [-0.2, 0) is 11.3 Å². The van der Waals surface area contributed by atoms with Crippen LogP contribution in [0.3, 0.4) is 0 Å². The van der Waals surface area contributed by atoms with Gasteiger partial charge >= 0.3 is 5.97 Å². The molecule has 1 aliphatic heterocycles. The lowest BCUT2D eigenvalue weighted by Crippen LogP contribution is -2.43. The number of halogens is 1. The van der Waals surface area contributed by atoms with Gasteiger partial charge in [0.2, 0.25) is 0 Å². The third-order valence-electron chi connectivity index (χ3n) is 5.71. The molecule has 0 radical (unpaired) electrons. The summed E-state index contributed by atoms with van der Waals surface area (Å²) in [5.74, 6) is 0.625. The maximum Gasteiger partial charge on any atom is 0.337 e. The minimum absolute atomic E-state index is 0.0362. The Morgan fingerprint density at radius 1 is 1.18 bits per heavy atom. The predicted octanol–water partition coefficient (Wildman–Crippen LogP) is 3.73. The number of piperidine rings is 1. The van der Waals surface area contributed by atoms with Crippen molar-refractivity contribution in [2.45, 2.75) is 25.4 Å². The minimum Gasteiger partial charge on any atom is -0.493 e. The van der Waals surface area contributed by atoms with Gasteiger partial charge in [0, 0.05) is 12.6 Å². The normalized spacial score (nSPS) is 14.3. The first-order chi connectivity index (χ1) is 16.1. The number of hydrogen-bond acceptors (Lipinski definition) is 8. The molecule has 0 spiro atoms. The molecule has 33 heavy (non-hydrogen) atoms. The number of benzene rings is 2. The van der Waals surface area contributed by atoms with E-state index in [1.54, 1.807) is 25.3 Å². The van der Waals surface area contributed by atoms with E-state index in [9.17, 15) is 9.18 Å². The van der Waals surface area contributed by atoms with E-state index in [1.807, 2.05) is 18.2 Å². The van der Waals surface area contributed by atoms with E-state index in [0.717, 1.165) is 31.5 Å². The highest BCUT2D eigenvalue weighted by molar-refractivity contribution is 5.93. The zero-order valence-electron chi connectivity index (χ0n) is 18.8. The molecule has 1 aromatic heterocycles. The number of oxazole rings is 1. The second-order valence-corrected chi connectivity index (χ2v) is 7.80. The molecule has 176 valence electrons. The molecule has 9 heteroatoms. The highest BCUT2D eigenvalue weighted by Gasteiger charge is 2.26. The Hall–Kier alpha value is -3.33. The lowest BCUT2D eigenvalue weighted by Gasteiger charge is -2.33. The number of hydrogen-bond donors (Lipinski definition) is 1. The molecular weight excluding hydrogens is 429 g/mol. The number of esters is 1. The second kappa shape index (κ2) is 10.5. The second-order valence-electron chi connectivity index (χ2n) is 7.80. The molecule has 4 rings (SSSR count). The van der Waals surface area contributed by atoms with Gasteiger partial charge in [-0.3, -0.25) is 0 Å². The van der Waals surface area contributed by atoms with Crippen molar-refractivity contribution < 1.29 is 27.8 Å². The number of alkyl halides is 1. The van der Waals surface area contributed by atoms with Crippen LogP contribution < -0.4 is 19.7 Å². The molecule has 8 nitrogen and oxygen atoms in total. The van der Waals surface area contributed by atoms with Gasteiger partial charge in [-0.05, 0) is 61.8 Å². The first kappa shape index (κ1) is 22.8. The number of nitrogens with zero attached hydrogens (tertiary/aromatic N) is 2. The summed E-state index contributed by atoms with van der Waals surface area (Å²) in [5, 5.41) is 3.38. The van der Waals surface area contributed by atoms with Crippen LogP contribution in [0.15, 0.2) is 40.8 Å². The first-order valence-corrected chi connectivity index (χ1v) is 10.9. The van der Waals surface area contributed by atoms with Crippen molar-refractivity contribution in [3.05, 3.63) is 47.5 Å². The summed E-state index contributed by atoms with van der Waals surface area (Å²) in [5.41, 5.74) is 2.55. The molecular formula is C24H28FN3O5. The Morgan fingerprint density at radius 3 is 2.73 bits per heavy atom. The van der Waals surface area contributed by atoms with Crippen molar-refractivity contribution in [3.63, 3.8) is 0 Å². The summed E-state index contributed by atoms with van der Waals surface area (Å²) >= 11 is 0. The van der Waals surface area contributed by atoms with E-state index in [2.05, 4.69) is 10.2 Å². The van der Waals surface area contributed by atoms with Gasteiger partial charge in [-0.2, -0.15) is 4.98 Å². The fraction of sp³-hybridized carbons (Fsp3) is 0.417. The molecule has 0 amide bonds. The third-order valence-corrected chi connectivity index (χ3v) is 5.71. The molecule has 0 aliphatic carbocycles. The quantitative estimate of drug-likeness (QED) is 0.487. The number of fused-ring (bicyclic) bond motifs is 1. The molecule has 0 unspecified atom stereocenters. The van der Waals surface area contributed by atoms with Gasteiger partial charge in [0.15, 0.2) is 17.1 Å². The van der Waals surface area contributed by atoms with Gasteiger partial charge in [0.1, 0.15) is 18.8 Å². The van der Waals surface area contributed by atoms with Crippen molar-refractivity contribution in [1.82, 2.24) is 10.3 Å². The molecule has 3 aromatic rings. The summed E-state index contributed by atoms with van der Waals surface area (Å²) < 4.78 is 34.5. The van der Waals surface area contributed by atoms with Gasteiger partial charge in [-0.15, -0.1) is 0 Å². The molecule has 1 aliphatic rings. The van der Waals surface area contributed by atoms with E-state index in [-0.39, 0.29) is 12.6 Å². The third kappa shape index (κ3) is 5.19. The molecule has 1 fully saturated rings. The molecule has 1 saturated heterocycles. The van der Waals surface area contributed by atoms with Crippen LogP contribution in [-0.4, -0.2) is 57.6 Å². The average Bonchev–Trinajstić information content (AvgIpc) is 3.29. The lowest BCUT2D eigenvalue weighted by atomic mass is 10.0.